The highest BCUT2D eigenvalue weighted by Gasteiger charge is 2.35. The highest BCUT2D eigenvalue weighted by molar-refractivity contribution is 6.35. The van der Waals surface area contributed by atoms with Crippen LogP contribution in [0.5, 0.6) is 0 Å². The summed E-state index contributed by atoms with van der Waals surface area (Å²) < 4.78 is 0. The lowest BCUT2D eigenvalue weighted by Gasteiger charge is -2.38. The molecular formula is C24H22Cl2N2O. The fraction of sp³-hybridized carbons (Fsp3) is 0.208. The highest BCUT2D eigenvalue weighted by atomic mass is 35.5. The van der Waals surface area contributed by atoms with E-state index in [1.807, 2.05) is 42.5 Å². The Morgan fingerprint density at radius 3 is 2.48 bits per heavy atom. The molecule has 1 aliphatic heterocycles. The predicted octanol–water partition coefficient (Wildman–Crippen LogP) is 7.11. The molecule has 3 aromatic carbocycles. The van der Waals surface area contributed by atoms with Crippen molar-refractivity contribution in [3.8, 4) is 0 Å². The predicted molar refractivity (Wildman–Crippen MR) is 121 cm³/mol. The van der Waals surface area contributed by atoms with Gasteiger partial charge in [-0.15, -0.1) is 0 Å². The molecule has 3 nitrogen and oxygen atoms in total. The summed E-state index contributed by atoms with van der Waals surface area (Å²) in [5.41, 5.74) is 4.34. The Bertz CT molecular complexity index is 1030. The maximum absolute atomic E-state index is 13.5. The van der Waals surface area contributed by atoms with E-state index >= 15 is 0 Å². The minimum atomic E-state index is -0.427. The first-order valence-corrected chi connectivity index (χ1v) is 10.6. The number of carbonyl (C=O) groups excluding carboxylic acids is 1. The van der Waals surface area contributed by atoms with E-state index in [4.69, 9.17) is 23.2 Å². The Hall–Kier alpha value is -2.49. The van der Waals surface area contributed by atoms with Gasteiger partial charge >= 0.3 is 0 Å². The first kappa shape index (κ1) is 19.8. The first-order chi connectivity index (χ1) is 14.1. The lowest BCUT2D eigenvalue weighted by molar-refractivity contribution is 0.0975. The van der Waals surface area contributed by atoms with Crippen LogP contribution in [0.4, 0.5) is 11.4 Å². The number of anilines is 2. The van der Waals surface area contributed by atoms with E-state index in [0.29, 0.717) is 15.6 Å². The smallest absolute Gasteiger partial charge is 0.262 e. The van der Waals surface area contributed by atoms with E-state index in [1.54, 1.807) is 17.0 Å². The van der Waals surface area contributed by atoms with Gasteiger partial charge in [-0.2, -0.15) is 0 Å². The number of aryl methyl sites for hydroxylation is 1. The second-order valence-corrected chi connectivity index (χ2v) is 8.05. The van der Waals surface area contributed by atoms with Crippen molar-refractivity contribution >= 4 is 40.5 Å². The molecule has 0 aliphatic carbocycles. The lowest BCUT2D eigenvalue weighted by Crippen LogP contribution is -2.43. The van der Waals surface area contributed by atoms with Crippen LogP contribution in [0, 0.1) is 0 Å². The number of benzene rings is 3. The van der Waals surface area contributed by atoms with Gasteiger partial charge in [-0.05, 0) is 54.8 Å². The number of para-hydroxylation sites is 1. The summed E-state index contributed by atoms with van der Waals surface area (Å²) in [6, 6.07) is 21.1. The van der Waals surface area contributed by atoms with Crippen molar-refractivity contribution in [2.75, 3.05) is 10.2 Å². The van der Waals surface area contributed by atoms with Crippen molar-refractivity contribution in [3.63, 3.8) is 0 Å². The maximum Gasteiger partial charge on any atom is 0.262 e. The van der Waals surface area contributed by atoms with Crippen LogP contribution >= 0.6 is 23.2 Å². The van der Waals surface area contributed by atoms with Crippen LogP contribution in [0.1, 0.15) is 47.4 Å². The van der Waals surface area contributed by atoms with E-state index in [-0.39, 0.29) is 5.91 Å². The summed E-state index contributed by atoms with van der Waals surface area (Å²) in [5.74, 6) is -0.0586. The van der Waals surface area contributed by atoms with Gasteiger partial charge in [-0.3, -0.25) is 9.69 Å². The van der Waals surface area contributed by atoms with Gasteiger partial charge < -0.3 is 5.32 Å². The standard InChI is InChI=1S/C24H22Cl2N2O/c1-2-3-6-16-9-12-18(13-10-16)28-23(19-14-11-17(25)15-21(19)26)27-22-8-5-4-7-20(22)24(28)29/h4-5,7-15,23,27H,2-3,6H2,1H3. The van der Waals surface area contributed by atoms with E-state index in [2.05, 4.69) is 24.4 Å². The van der Waals surface area contributed by atoms with E-state index < -0.39 is 6.17 Å². The molecule has 4 rings (SSSR count). The number of hydrogen-bond acceptors (Lipinski definition) is 2. The molecule has 0 radical (unpaired) electrons. The monoisotopic (exact) mass is 424 g/mol. The van der Waals surface area contributed by atoms with Crippen molar-refractivity contribution in [1.29, 1.82) is 0 Å². The quantitative estimate of drug-likeness (QED) is 0.473. The van der Waals surface area contributed by atoms with Crippen LogP contribution in [0.3, 0.4) is 0 Å². The number of rotatable bonds is 5. The molecule has 1 heterocycles. The van der Waals surface area contributed by atoms with Gasteiger partial charge in [0.05, 0.1) is 5.56 Å². The van der Waals surface area contributed by atoms with Crippen molar-refractivity contribution in [3.05, 3.63) is 93.5 Å². The molecule has 0 aromatic heterocycles. The van der Waals surface area contributed by atoms with Crippen molar-refractivity contribution < 1.29 is 4.79 Å². The molecule has 0 fully saturated rings. The van der Waals surface area contributed by atoms with E-state index in [1.165, 1.54) is 5.56 Å². The molecule has 1 unspecified atom stereocenters. The largest absolute Gasteiger partial charge is 0.360 e. The molecule has 148 valence electrons. The fourth-order valence-electron chi connectivity index (χ4n) is 3.66. The Balaban J connectivity index is 1.78. The second-order valence-electron chi connectivity index (χ2n) is 7.20. The zero-order valence-corrected chi connectivity index (χ0v) is 17.7. The minimum Gasteiger partial charge on any atom is -0.360 e. The number of fused-ring (bicyclic) bond motifs is 1. The minimum absolute atomic E-state index is 0.0586. The first-order valence-electron chi connectivity index (χ1n) is 9.81. The molecule has 0 saturated heterocycles. The second kappa shape index (κ2) is 8.48. The number of nitrogens with one attached hydrogen (secondary N) is 1. The van der Waals surface area contributed by atoms with Gasteiger partial charge in [0.2, 0.25) is 0 Å². The Morgan fingerprint density at radius 1 is 1.00 bits per heavy atom. The van der Waals surface area contributed by atoms with Crippen LogP contribution in [0.2, 0.25) is 10.0 Å². The fourth-order valence-corrected chi connectivity index (χ4v) is 4.18. The van der Waals surface area contributed by atoms with Crippen LogP contribution in [0.25, 0.3) is 0 Å². The van der Waals surface area contributed by atoms with Gasteiger partial charge in [0.15, 0.2) is 0 Å². The van der Waals surface area contributed by atoms with Gasteiger partial charge in [0.1, 0.15) is 6.17 Å². The number of amides is 1. The Labute approximate surface area is 181 Å². The van der Waals surface area contributed by atoms with Gasteiger partial charge in [-0.25, -0.2) is 0 Å². The number of hydrogen-bond donors (Lipinski definition) is 1. The summed E-state index contributed by atoms with van der Waals surface area (Å²) in [6.45, 7) is 2.18. The Kier molecular flexibility index (Phi) is 5.79. The molecule has 0 bridgehead atoms. The molecule has 1 atom stereocenters. The molecular weight excluding hydrogens is 403 g/mol. The Morgan fingerprint density at radius 2 is 1.76 bits per heavy atom. The lowest BCUT2D eigenvalue weighted by atomic mass is 10.0. The topological polar surface area (TPSA) is 32.3 Å². The highest BCUT2D eigenvalue weighted by Crippen LogP contribution is 2.39. The van der Waals surface area contributed by atoms with Crippen LogP contribution in [-0.2, 0) is 6.42 Å². The summed E-state index contributed by atoms with van der Waals surface area (Å²) in [6.07, 6.45) is 2.92. The third-order valence-electron chi connectivity index (χ3n) is 5.22. The van der Waals surface area contributed by atoms with Crippen molar-refractivity contribution in [1.82, 2.24) is 0 Å². The molecule has 1 N–H and O–H groups in total. The molecule has 3 aromatic rings. The zero-order chi connectivity index (χ0) is 20.4. The number of unbranched alkanes of at least 4 members (excludes halogenated alkanes) is 1. The van der Waals surface area contributed by atoms with E-state index in [0.717, 1.165) is 36.2 Å². The normalized spacial score (nSPS) is 15.8. The number of halogens is 2. The summed E-state index contributed by atoms with van der Waals surface area (Å²) in [5, 5.41) is 4.56. The molecule has 0 saturated carbocycles. The molecule has 1 aliphatic rings. The molecule has 29 heavy (non-hydrogen) atoms. The summed E-state index contributed by atoms with van der Waals surface area (Å²) in [4.78, 5) is 15.2. The van der Waals surface area contributed by atoms with Crippen LogP contribution < -0.4 is 10.2 Å². The van der Waals surface area contributed by atoms with Crippen LogP contribution in [-0.4, -0.2) is 5.91 Å². The SMILES string of the molecule is CCCCc1ccc(N2C(=O)c3ccccc3NC2c2ccc(Cl)cc2Cl)cc1. The third kappa shape index (κ3) is 3.98. The van der Waals surface area contributed by atoms with Gasteiger partial charge in [0.25, 0.3) is 5.91 Å². The average molecular weight is 425 g/mol. The molecule has 5 heteroatoms. The van der Waals surface area contributed by atoms with Gasteiger partial charge in [-0.1, -0.05) is 66.9 Å². The average Bonchev–Trinajstić information content (AvgIpc) is 2.73. The summed E-state index contributed by atoms with van der Waals surface area (Å²) >= 11 is 12.6. The maximum atomic E-state index is 13.5. The van der Waals surface area contributed by atoms with Crippen molar-refractivity contribution in [2.45, 2.75) is 32.4 Å². The van der Waals surface area contributed by atoms with Crippen LogP contribution in [0.15, 0.2) is 66.7 Å². The van der Waals surface area contributed by atoms with Crippen molar-refractivity contribution in [2.24, 2.45) is 0 Å². The molecule has 0 spiro atoms. The summed E-state index contributed by atoms with van der Waals surface area (Å²) in [7, 11) is 0. The number of nitrogens with zero attached hydrogens (tertiary/aromatic N) is 1. The van der Waals surface area contributed by atoms with Gasteiger partial charge in [0, 0.05) is 27.0 Å². The van der Waals surface area contributed by atoms with E-state index in [9.17, 15) is 4.79 Å². The zero-order valence-electron chi connectivity index (χ0n) is 16.2. The molecule has 1 amide bonds. The third-order valence-corrected chi connectivity index (χ3v) is 5.78. The number of carbonyl (C=O) groups is 1.